The first-order chi connectivity index (χ1) is 39.2. The number of unbranched alkanes of at least 4 members (excludes halogenated alkanes) is 26. The van der Waals surface area contributed by atoms with Gasteiger partial charge in [-0.25, -0.2) is 4.57 Å². The molecule has 0 aromatic heterocycles. The van der Waals surface area contributed by atoms with Crippen LogP contribution in [0, 0.1) is 0 Å². The van der Waals surface area contributed by atoms with Crippen molar-refractivity contribution in [2.24, 2.45) is 0 Å². The smallest absolute Gasteiger partial charge is 0.462 e. The van der Waals surface area contributed by atoms with Gasteiger partial charge in [0, 0.05) is 19.3 Å². The minimum absolute atomic E-state index is 0.0386. The van der Waals surface area contributed by atoms with E-state index in [4.69, 9.17) is 23.3 Å². The fourth-order valence-electron chi connectivity index (χ4n) is 8.61. The summed E-state index contributed by atoms with van der Waals surface area (Å²) in [5.41, 5.74) is 0. The second-order valence-corrected chi connectivity index (χ2v) is 22.6. The Morgan fingerprint density at radius 2 is 0.675 bits per heavy atom. The van der Waals surface area contributed by atoms with Crippen LogP contribution in [0.1, 0.15) is 278 Å². The lowest BCUT2D eigenvalue weighted by atomic mass is 10.1. The number of allylic oxidation sites excluding steroid dienone is 16. The molecule has 0 radical (unpaired) electrons. The number of aliphatic hydroxyl groups is 1. The number of rotatable bonds is 59. The van der Waals surface area contributed by atoms with Gasteiger partial charge in [-0.15, -0.1) is 0 Å². The molecular weight excluding hydrogens is 1020 g/mol. The van der Waals surface area contributed by atoms with E-state index in [1.807, 2.05) is 12.2 Å². The zero-order valence-corrected chi connectivity index (χ0v) is 51.9. The van der Waals surface area contributed by atoms with Gasteiger partial charge in [0.1, 0.15) is 12.7 Å². The van der Waals surface area contributed by atoms with Crippen LogP contribution in [-0.4, -0.2) is 66.5 Å². The number of hydrogen-bond acceptors (Lipinski definition) is 10. The van der Waals surface area contributed by atoms with Crippen molar-refractivity contribution in [3.05, 3.63) is 97.2 Å². The number of hydrogen-bond donors (Lipinski definition) is 2. The minimum atomic E-state index is -4.78. The number of carbonyl (C=O) groups is 3. The van der Waals surface area contributed by atoms with E-state index in [1.54, 1.807) is 0 Å². The van der Waals surface area contributed by atoms with Gasteiger partial charge in [0.15, 0.2) is 6.10 Å². The van der Waals surface area contributed by atoms with Crippen LogP contribution in [0.2, 0.25) is 0 Å². The van der Waals surface area contributed by atoms with Crippen LogP contribution >= 0.6 is 7.82 Å². The SMILES string of the molecule is CC/C=C\C/C=C\C/C=C\C/C=C\C/C=C\C/C=C\CCC(=O)OC(COC(=O)CCCCCCCCC/C=C\CCCCCCCC)COP(=O)(O)OCC(CO)OC(=O)CCCCCCCCC/C=C\CCCCCCCC. The van der Waals surface area contributed by atoms with Crippen LogP contribution < -0.4 is 0 Å². The molecule has 0 spiro atoms. The van der Waals surface area contributed by atoms with Gasteiger partial charge in [0.05, 0.1) is 19.8 Å². The molecule has 80 heavy (non-hydrogen) atoms. The van der Waals surface area contributed by atoms with E-state index in [0.717, 1.165) is 83.5 Å². The van der Waals surface area contributed by atoms with Crippen molar-refractivity contribution in [3.8, 4) is 0 Å². The van der Waals surface area contributed by atoms with E-state index >= 15 is 0 Å². The summed E-state index contributed by atoms with van der Waals surface area (Å²) in [7, 11) is -4.78. The molecule has 0 fully saturated rings. The number of aliphatic hydroxyl groups excluding tert-OH is 1. The summed E-state index contributed by atoms with van der Waals surface area (Å²) < 4.78 is 39.6. The molecule has 0 aliphatic carbocycles. The largest absolute Gasteiger partial charge is 0.472 e. The Kier molecular flexibility index (Phi) is 58.7. The third-order valence-corrected chi connectivity index (χ3v) is 14.4. The molecule has 3 atom stereocenters. The summed E-state index contributed by atoms with van der Waals surface area (Å²) in [6.07, 6.45) is 73.7. The van der Waals surface area contributed by atoms with Gasteiger partial charge in [-0.05, 0) is 109 Å². The third kappa shape index (κ3) is 59.0. The van der Waals surface area contributed by atoms with Gasteiger partial charge >= 0.3 is 25.7 Å². The van der Waals surface area contributed by atoms with Crippen LogP contribution in [-0.2, 0) is 42.2 Å². The standard InChI is InChI=1S/C68H117O11P/c1-4-7-10-13-16-19-22-25-28-31-32-35-38-41-44-47-50-53-56-59-68(72)79-65(61-75-66(70)57-54-51-48-45-42-39-36-33-29-26-23-20-17-14-11-8-5-2)63-77-80(73,74)76-62-64(60-69)78-67(71)58-55-52-49-46-43-40-37-34-30-27-24-21-18-15-12-9-6-3/h7,10,16,19,25-30,32,35,41,44,50,53,64-65,69H,4-6,8-9,11-15,17-18,20-24,31,33-34,36-40,42-43,45-49,51-52,54-63H2,1-3H3,(H,73,74)/b10-7-,19-16-,28-25-,29-26-,30-27-,35-32-,44-41-,53-50-. The van der Waals surface area contributed by atoms with Crippen molar-refractivity contribution >= 4 is 25.7 Å². The lowest BCUT2D eigenvalue weighted by Crippen LogP contribution is -2.30. The van der Waals surface area contributed by atoms with E-state index < -0.39 is 57.8 Å². The molecule has 0 aromatic carbocycles. The van der Waals surface area contributed by atoms with Gasteiger partial charge in [0.25, 0.3) is 0 Å². The highest BCUT2D eigenvalue weighted by molar-refractivity contribution is 7.47. The van der Waals surface area contributed by atoms with E-state index in [2.05, 4.69) is 106 Å². The van der Waals surface area contributed by atoms with E-state index in [1.165, 1.54) is 128 Å². The van der Waals surface area contributed by atoms with Crippen LogP contribution in [0.3, 0.4) is 0 Å². The Balaban J connectivity index is 4.81. The molecule has 3 unspecified atom stereocenters. The Hall–Kier alpha value is -3.60. The highest BCUT2D eigenvalue weighted by atomic mass is 31.2. The molecular formula is C68H117O11P. The Bertz CT molecular complexity index is 1710. The molecule has 0 rings (SSSR count). The topological polar surface area (TPSA) is 155 Å². The quantitative estimate of drug-likeness (QED) is 0.0197. The average Bonchev–Trinajstić information content (AvgIpc) is 3.45. The van der Waals surface area contributed by atoms with Crippen molar-refractivity contribution in [2.75, 3.05) is 26.4 Å². The summed E-state index contributed by atoms with van der Waals surface area (Å²) in [4.78, 5) is 48.7. The minimum Gasteiger partial charge on any atom is -0.462 e. The second-order valence-electron chi connectivity index (χ2n) is 21.2. The summed E-state index contributed by atoms with van der Waals surface area (Å²) in [6.45, 7) is 4.46. The summed E-state index contributed by atoms with van der Waals surface area (Å²) in [5, 5.41) is 9.85. The first-order valence-corrected chi connectivity index (χ1v) is 33.6. The van der Waals surface area contributed by atoms with Gasteiger partial charge in [-0.3, -0.25) is 23.4 Å². The first-order valence-electron chi connectivity index (χ1n) is 32.1. The number of ether oxygens (including phenoxy) is 3. The maximum Gasteiger partial charge on any atom is 0.472 e. The molecule has 0 aliphatic heterocycles. The van der Waals surface area contributed by atoms with Crippen LogP contribution in [0.15, 0.2) is 97.2 Å². The predicted molar refractivity (Wildman–Crippen MR) is 334 cm³/mol. The summed E-state index contributed by atoms with van der Waals surface area (Å²) in [6, 6.07) is 0. The normalized spacial score (nSPS) is 13.9. The molecule has 0 amide bonds. The van der Waals surface area contributed by atoms with Gasteiger partial charge in [-0.2, -0.15) is 0 Å². The number of esters is 3. The lowest BCUT2D eigenvalue weighted by Gasteiger charge is -2.21. The Morgan fingerprint density at radius 1 is 0.362 bits per heavy atom. The highest BCUT2D eigenvalue weighted by Crippen LogP contribution is 2.43. The Labute approximate surface area is 489 Å². The molecule has 0 aromatic rings. The van der Waals surface area contributed by atoms with E-state index in [9.17, 15) is 28.9 Å². The number of phosphoric acid groups is 1. The lowest BCUT2D eigenvalue weighted by molar-refractivity contribution is -0.161. The molecule has 12 heteroatoms. The van der Waals surface area contributed by atoms with Crippen molar-refractivity contribution in [2.45, 2.75) is 290 Å². The predicted octanol–water partition coefficient (Wildman–Crippen LogP) is 19.6. The van der Waals surface area contributed by atoms with Crippen molar-refractivity contribution < 1.29 is 52.2 Å². The molecule has 0 saturated heterocycles. The highest BCUT2D eigenvalue weighted by Gasteiger charge is 2.28. The first kappa shape index (κ1) is 76.4. The summed E-state index contributed by atoms with van der Waals surface area (Å²) >= 11 is 0. The molecule has 460 valence electrons. The zero-order valence-electron chi connectivity index (χ0n) is 51.0. The maximum atomic E-state index is 12.9. The van der Waals surface area contributed by atoms with E-state index in [0.29, 0.717) is 25.7 Å². The molecule has 2 N–H and O–H groups in total. The molecule has 11 nitrogen and oxygen atoms in total. The average molecular weight is 1140 g/mol. The number of carbonyl (C=O) groups excluding carboxylic acids is 3. The maximum absolute atomic E-state index is 12.9. The molecule has 0 heterocycles. The fourth-order valence-corrected chi connectivity index (χ4v) is 9.39. The van der Waals surface area contributed by atoms with Crippen molar-refractivity contribution in [1.29, 1.82) is 0 Å². The molecule has 0 saturated carbocycles. The molecule has 0 bridgehead atoms. The van der Waals surface area contributed by atoms with Crippen molar-refractivity contribution in [3.63, 3.8) is 0 Å². The third-order valence-electron chi connectivity index (χ3n) is 13.5. The van der Waals surface area contributed by atoms with Crippen molar-refractivity contribution in [1.82, 2.24) is 0 Å². The van der Waals surface area contributed by atoms with E-state index in [-0.39, 0.29) is 25.9 Å². The molecule has 0 aliphatic rings. The fraction of sp³-hybridized carbons (Fsp3) is 0.721. The Morgan fingerprint density at radius 3 is 1.07 bits per heavy atom. The second kappa shape index (κ2) is 61.5. The van der Waals surface area contributed by atoms with Gasteiger partial charge < -0.3 is 24.2 Å². The van der Waals surface area contributed by atoms with Crippen LogP contribution in [0.4, 0.5) is 0 Å². The van der Waals surface area contributed by atoms with Gasteiger partial charge in [-0.1, -0.05) is 246 Å². The van der Waals surface area contributed by atoms with Crippen LogP contribution in [0.5, 0.6) is 0 Å². The van der Waals surface area contributed by atoms with Crippen LogP contribution in [0.25, 0.3) is 0 Å². The summed E-state index contributed by atoms with van der Waals surface area (Å²) in [5.74, 6) is -1.57. The monoisotopic (exact) mass is 1140 g/mol. The zero-order chi connectivity index (χ0) is 58.3. The van der Waals surface area contributed by atoms with Gasteiger partial charge in [0.2, 0.25) is 0 Å². The number of phosphoric ester groups is 1.